The van der Waals surface area contributed by atoms with Crippen LogP contribution in [0.2, 0.25) is 0 Å². The van der Waals surface area contributed by atoms with Crippen LogP contribution in [0.15, 0.2) is 12.1 Å². The zero-order valence-electron chi connectivity index (χ0n) is 10.5. The lowest BCUT2D eigenvalue weighted by Gasteiger charge is -1.88. The Morgan fingerprint density at radius 2 is 1.60 bits per heavy atom. The number of nitrogens with one attached hydrogen (secondary N) is 1. The monoisotopic (exact) mass is 209 g/mol. The highest BCUT2D eigenvalue weighted by molar-refractivity contribution is 5.70. The van der Waals surface area contributed by atoms with Gasteiger partial charge in [0.1, 0.15) is 5.82 Å². The SMILES string of the molecule is CC.CC.Cc1ccc2[nH]c(C)nc2n1.[HH]. The average molecular weight is 209 g/mol. The van der Waals surface area contributed by atoms with Crippen molar-refractivity contribution in [2.45, 2.75) is 41.5 Å². The molecule has 0 aliphatic carbocycles. The maximum absolute atomic E-state index is 4.25. The predicted molar refractivity (Wildman–Crippen MR) is 68.2 cm³/mol. The Labute approximate surface area is 93.4 Å². The van der Waals surface area contributed by atoms with Gasteiger partial charge in [-0.3, -0.25) is 0 Å². The summed E-state index contributed by atoms with van der Waals surface area (Å²) >= 11 is 0. The zero-order valence-corrected chi connectivity index (χ0v) is 10.5. The minimum atomic E-state index is 0. The van der Waals surface area contributed by atoms with Gasteiger partial charge in [0, 0.05) is 7.12 Å². The summed E-state index contributed by atoms with van der Waals surface area (Å²) < 4.78 is 0. The maximum atomic E-state index is 4.25. The van der Waals surface area contributed by atoms with Gasteiger partial charge in [-0.1, -0.05) is 27.7 Å². The number of aromatic amines is 1. The second-order valence-electron chi connectivity index (χ2n) is 2.65. The normalized spacial score (nSPS) is 8.67. The molecular weight excluding hydrogens is 186 g/mol. The molecule has 2 heterocycles. The number of pyridine rings is 1. The van der Waals surface area contributed by atoms with E-state index in [-0.39, 0.29) is 1.43 Å². The summed E-state index contributed by atoms with van der Waals surface area (Å²) in [5.41, 5.74) is 2.82. The summed E-state index contributed by atoms with van der Waals surface area (Å²) in [5.74, 6) is 0.915. The van der Waals surface area contributed by atoms with Crippen LogP contribution >= 0.6 is 0 Å². The van der Waals surface area contributed by atoms with E-state index < -0.39 is 0 Å². The van der Waals surface area contributed by atoms with Crippen molar-refractivity contribution in [3.05, 3.63) is 23.7 Å². The summed E-state index contributed by atoms with van der Waals surface area (Å²) in [4.78, 5) is 11.6. The van der Waals surface area contributed by atoms with Crippen LogP contribution in [0.4, 0.5) is 0 Å². The molecule has 0 unspecified atom stereocenters. The van der Waals surface area contributed by atoms with Crippen LogP contribution in [-0.4, -0.2) is 15.0 Å². The third kappa shape index (κ3) is 3.70. The fourth-order valence-electron chi connectivity index (χ4n) is 1.11. The highest BCUT2D eigenvalue weighted by atomic mass is 15.0. The molecule has 0 aliphatic heterocycles. The van der Waals surface area contributed by atoms with E-state index in [9.17, 15) is 0 Å². The molecule has 0 aliphatic rings. The van der Waals surface area contributed by atoms with Gasteiger partial charge in [0.2, 0.25) is 0 Å². The van der Waals surface area contributed by atoms with Crippen LogP contribution in [-0.2, 0) is 0 Å². The molecule has 0 saturated heterocycles. The lowest BCUT2D eigenvalue weighted by molar-refractivity contribution is 1.15. The number of fused-ring (bicyclic) bond motifs is 1. The summed E-state index contributed by atoms with van der Waals surface area (Å²) in [5, 5.41) is 0. The van der Waals surface area contributed by atoms with Crippen molar-refractivity contribution >= 4 is 11.2 Å². The molecule has 0 aromatic carbocycles. The molecule has 86 valence electrons. The highest BCUT2D eigenvalue weighted by Gasteiger charge is 1.98. The Kier molecular flexibility index (Phi) is 6.34. The Morgan fingerprint density at radius 1 is 1.00 bits per heavy atom. The van der Waals surface area contributed by atoms with Crippen LogP contribution in [0, 0.1) is 13.8 Å². The van der Waals surface area contributed by atoms with E-state index in [4.69, 9.17) is 0 Å². The number of aromatic nitrogens is 3. The number of hydrogen-bond acceptors (Lipinski definition) is 2. The van der Waals surface area contributed by atoms with E-state index in [1.165, 1.54) is 0 Å². The van der Waals surface area contributed by atoms with Crippen molar-refractivity contribution in [2.24, 2.45) is 0 Å². The molecule has 3 heteroatoms. The first-order valence-electron chi connectivity index (χ1n) is 5.56. The topological polar surface area (TPSA) is 41.6 Å². The van der Waals surface area contributed by atoms with Crippen molar-refractivity contribution in [2.75, 3.05) is 0 Å². The summed E-state index contributed by atoms with van der Waals surface area (Å²) in [6.45, 7) is 11.9. The molecule has 0 atom stereocenters. The molecule has 0 fully saturated rings. The maximum Gasteiger partial charge on any atom is 0.177 e. The van der Waals surface area contributed by atoms with Gasteiger partial charge < -0.3 is 4.98 Å². The molecular formula is C12H23N3. The molecule has 1 N–H and O–H groups in total. The van der Waals surface area contributed by atoms with E-state index in [0.29, 0.717) is 0 Å². The standard InChI is InChI=1S/C8H9N3.2C2H6.H2/c1-5-3-4-7-8(9-5)11-6(2)10-7;2*1-2;/h3-4H,1-2H3,(H,9,10,11);2*1-2H3;1H. The van der Waals surface area contributed by atoms with E-state index in [0.717, 1.165) is 22.7 Å². The van der Waals surface area contributed by atoms with E-state index in [2.05, 4.69) is 15.0 Å². The number of hydrogen-bond donors (Lipinski definition) is 1. The predicted octanol–water partition coefficient (Wildman–Crippen LogP) is 3.87. The molecule has 15 heavy (non-hydrogen) atoms. The Bertz CT molecular complexity index is 396. The van der Waals surface area contributed by atoms with Gasteiger partial charge in [0.15, 0.2) is 5.65 Å². The first-order valence-corrected chi connectivity index (χ1v) is 5.56. The number of nitrogens with zero attached hydrogens (tertiary/aromatic N) is 2. The Morgan fingerprint density at radius 3 is 2.20 bits per heavy atom. The van der Waals surface area contributed by atoms with Crippen LogP contribution in [0.3, 0.4) is 0 Å². The second-order valence-corrected chi connectivity index (χ2v) is 2.65. The van der Waals surface area contributed by atoms with Gasteiger partial charge >= 0.3 is 0 Å². The van der Waals surface area contributed by atoms with Crippen molar-refractivity contribution in [3.63, 3.8) is 0 Å². The smallest absolute Gasteiger partial charge is 0.177 e. The van der Waals surface area contributed by atoms with E-state index in [1.54, 1.807) is 0 Å². The van der Waals surface area contributed by atoms with Gasteiger partial charge in [-0.2, -0.15) is 0 Å². The fourth-order valence-corrected chi connectivity index (χ4v) is 1.11. The van der Waals surface area contributed by atoms with Gasteiger partial charge in [-0.05, 0) is 26.0 Å². The summed E-state index contributed by atoms with van der Waals surface area (Å²) in [6, 6.07) is 3.97. The van der Waals surface area contributed by atoms with E-state index >= 15 is 0 Å². The average Bonchev–Trinajstić information content (AvgIpc) is 2.63. The summed E-state index contributed by atoms with van der Waals surface area (Å²) in [7, 11) is 0. The largest absolute Gasteiger partial charge is 0.341 e. The van der Waals surface area contributed by atoms with Crippen molar-refractivity contribution in [1.82, 2.24) is 15.0 Å². The molecule has 2 aromatic rings. The van der Waals surface area contributed by atoms with Crippen molar-refractivity contribution in [1.29, 1.82) is 0 Å². The van der Waals surface area contributed by atoms with Crippen LogP contribution in [0.25, 0.3) is 11.2 Å². The number of H-pyrrole nitrogens is 1. The van der Waals surface area contributed by atoms with Crippen molar-refractivity contribution < 1.29 is 1.43 Å². The molecule has 0 radical (unpaired) electrons. The highest BCUT2D eigenvalue weighted by Crippen LogP contribution is 2.08. The summed E-state index contributed by atoms with van der Waals surface area (Å²) in [6.07, 6.45) is 0. The third-order valence-corrected chi connectivity index (χ3v) is 1.60. The lowest BCUT2D eigenvalue weighted by Crippen LogP contribution is -1.80. The Balaban J connectivity index is 0. The number of imidazole rings is 1. The van der Waals surface area contributed by atoms with E-state index in [1.807, 2.05) is 53.7 Å². The van der Waals surface area contributed by atoms with Gasteiger partial charge in [-0.15, -0.1) is 0 Å². The van der Waals surface area contributed by atoms with Crippen LogP contribution in [0.1, 0.15) is 40.6 Å². The second kappa shape index (κ2) is 6.98. The van der Waals surface area contributed by atoms with Gasteiger partial charge in [0.25, 0.3) is 0 Å². The molecule has 0 bridgehead atoms. The molecule has 0 saturated carbocycles. The fraction of sp³-hybridized carbons (Fsp3) is 0.500. The first-order chi connectivity index (χ1) is 7.25. The lowest BCUT2D eigenvalue weighted by atomic mass is 10.4. The minimum absolute atomic E-state index is 0. The molecule has 2 rings (SSSR count). The zero-order chi connectivity index (χ0) is 11.8. The molecule has 0 amide bonds. The van der Waals surface area contributed by atoms with Crippen LogP contribution in [0.5, 0.6) is 0 Å². The number of rotatable bonds is 0. The molecule has 3 nitrogen and oxygen atoms in total. The minimum Gasteiger partial charge on any atom is -0.341 e. The first kappa shape index (κ1) is 13.6. The van der Waals surface area contributed by atoms with Gasteiger partial charge in [0.05, 0.1) is 5.52 Å². The van der Waals surface area contributed by atoms with Crippen LogP contribution < -0.4 is 0 Å². The molecule has 0 spiro atoms. The third-order valence-electron chi connectivity index (χ3n) is 1.60. The molecule has 2 aromatic heterocycles. The quantitative estimate of drug-likeness (QED) is 0.715. The number of aryl methyl sites for hydroxylation is 2. The Hall–Kier alpha value is -1.38. The van der Waals surface area contributed by atoms with Crippen molar-refractivity contribution in [3.8, 4) is 0 Å². The van der Waals surface area contributed by atoms with Gasteiger partial charge in [-0.25, -0.2) is 9.97 Å².